The van der Waals surface area contributed by atoms with Gasteiger partial charge in [-0.15, -0.1) is 12.4 Å². The van der Waals surface area contributed by atoms with Crippen molar-refractivity contribution in [2.45, 2.75) is 44.2 Å². The molecule has 1 heterocycles. The average molecular weight is 343 g/mol. The molecular weight excluding hydrogens is 323 g/mol. The van der Waals surface area contributed by atoms with Crippen LogP contribution in [0.1, 0.15) is 36.8 Å². The zero-order chi connectivity index (χ0) is 15.0. The number of halogens is 2. The van der Waals surface area contributed by atoms with Crippen molar-refractivity contribution >= 4 is 24.0 Å². The van der Waals surface area contributed by atoms with Crippen molar-refractivity contribution in [1.82, 2.24) is 14.8 Å². The molecule has 1 aliphatic carbocycles. The van der Waals surface area contributed by atoms with E-state index >= 15 is 0 Å². The molecule has 120 valence electrons. The maximum atomic E-state index is 9.79. The first kappa shape index (κ1) is 17.2. The van der Waals surface area contributed by atoms with Gasteiger partial charge in [-0.25, -0.2) is 9.67 Å². The monoisotopic (exact) mass is 342 g/mol. The molecule has 1 fully saturated rings. The van der Waals surface area contributed by atoms with Crippen LogP contribution in [0.25, 0.3) is 5.69 Å². The molecule has 3 atom stereocenters. The second kappa shape index (κ2) is 6.96. The highest BCUT2D eigenvalue weighted by Crippen LogP contribution is 2.32. The maximum absolute atomic E-state index is 9.79. The minimum Gasteiger partial charge on any atom is -0.392 e. The van der Waals surface area contributed by atoms with Gasteiger partial charge in [-0.1, -0.05) is 17.7 Å². The van der Waals surface area contributed by atoms with E-state index in [1.165, 1.54) is 0 Å². The number of nitrogens with two attached hydrogens (primary N) is 1. The summed E-state index contributed by atoms with van der Waals surface area (Å²) in [6.07, 6.45) is 1.88. The number of aliphatic hydroxyl groups is 1. The molecule has 0 spiro atoms. The van der Waals surface area contributed by atoms with Gasteiger partial charge >= 0.3 is 0 Å². The molecule has 3 rings (SSSR count). The maximum Gasteiger partial charge on any atom is 0.148 e. The van der Waals surface area contributed by atoms with Gasteiger partial charge < -0.3 is 10.8 Å². The molecular formula is C15H20Cl2N4O. The lowest BCUT2D eigenvalue weighted by atomic mass is 9.83. The van der Waals surface area contributed by atoms with Crippen LogP contribution in [0.3, 0.4) is 0 Å². The lowest BCUT2D eigenvalue weighted by Gasteiger charge is -2.30. The molecule has 0 radical (unpaired) electrons. The summed E-state index contributed by atoms with van der Waals surface area (Å²) in [4.78, 5) is 4.57. The smallest absolute Gasteiger partial charge is 0.148 e. The van der Waals surface area contributed by atoms with Crippen molar-refractivity contribution < 1.29 is 5.11 Å². The van der Waals surface area contributed by atoms with E-state index < -0.39 is 6.10 Å². The molecule has 22 heavy (non-hydrogen) atoms. The van der Waals surface area contributed by atoms with Crippen molar-refractivity contribution in [3.8, 4) is 5.69 Å². The number of rotatable bonds is 2. The van der Waals surface area contributed by atoms with Crippen LogP contribution in [0.5, 0.6) is 0 Å². The van der Waals surface area contributed by atoms with Crippen LogP contribution < -0.4 is 5.73 Å². The Bertz CT molecular complexity index is 646. The van der Waals surface area contributed by atoms with Crippen LogP contribution in [-0.2, 0) is 0 Å². The molecule has 3 N–H and O–H groups in total. The number of hydrogen-bond donors (Lipinski definition) is 2. The highest BCUT2D eigenvalue weighted by Gasteiger charge is 2.30. The Morgan fingerprint density at radius 2 is 2.14 bits per heavy atom. The summed E-state index contributed by atoms with van der Waals surface area (Å²) in [6, 6.07) is 7.36. The second-order valence-electron chi connectivity index (χ2n) is 5.65. The standard InChI is InChI=1S/C15H19ClN4O.ClH/c1-9-18-15(10-5-6-14(21)13(17)7-10)20(19-9)12-4-2-3-11(16)8-12;/h2-4,8,10,13-14,21H,5-7,17H2,1H3;1H/t10-,13+,14+;/m0./s1. The number of benzene rings is 1. The fourth-order valence-electron chi connectivity index (χ4n) is 2.92. The zero-order valence-corrected chi connectivity index (χ0v) is 13.9. The Hall–Kier alpha value is -1.14. The first-order chi connectivity index (χ1) is 10.0. The summed E-state index contributed by atoms with van der Waals surface area (Å²) in [5.74, 6) is 1.84. The highest BCUT2D eigenvalue weighted by atomic mass is 35.5. The zero-order valence-electron chi connectivity index (χ0n) is 12.3. The molecule has 0 saturated heterocycles. The van der Waals surface area contributed by atoms with Gasteiger partial charge in [-0.2, -0.15) is 5.10 Å². The summed E-state index contributed by atoms with van der Waals surface area (Å²) in [6.45, 7) is 1.88. The number of aromatic nitrogens is 3. The van der Waals surface area contributed by atoms with Crippen LogP contribution in [0.15, 0.2) is 24.3 Å². The van der Waals surface area contributed by atoms with Crippen LogP contribution >= 0.6 is 24.0 Å². The predicted molar refractivity (Wildman–Crippen MR) is 88.9 cm³/mol. The van der Waals surface area contributed by atoms with Crippen molar-refractivity contribution in [2.24, 2.45) is 5.73 Å². The van der Waals surface area contributed by atoms with Gasteiger partial charge in [0.1, 0.15) is 11.6 Å². The Morgan fingerprint density at radius 3 is 2.82 bits per heavy atom. The Kier molecular flexibility index (Phi) is 5.45. The summed E-state index contributed by atoms with van der Waals surface area (Å²) in [5, 5.41) is 14.9. The normalized spacial score (nSPS) is 24.8. The molecule has 1 saturated carbocycles. The predicted octanol–water partition coefficient (Wildman–Crippen LogP) is 2.61. The third kappa shape index (κ3) is 3.43. The molecule has 1 aliphatic rings. The lowest BCUT2D eigenvalue weighted by molar-refractivity contribution is 0.0989. The number of nitrogens with zero attached hydrogens (tertiary/aromatic N) is 3. The van der Waals surface area contributed by atoms with Gasteiger partial charge in [-0.05, 0) is 44.4 Å². The van der Waals surface area contributed by atoms with E-state index in [0.717, 1.165) is 30.2 Å². The van der Waals surface area contributed by atoms with Crippen molar-refractivity contribution in [3.63, 3.8) is 0 Å². The summed E-state index contributed by atoms with van der Waals surface area (Å²) < 4.78 is 1.84. The van der Waals surface area contributed by atoms with E-state index in [1.54, 1.807) is 0 Å². The fraction of sp³-hybridized carbons (Fsp3) is 0.467. The molecule has 0 bridgehead atoms. The van der Waals surface area contributed by atoms with Gasteiger partial charge in [0.15, 0.2) is 0 Å². The lowest BCUT2D eigenvalue weighted by Crippen LogP contribution is -2.40. The highest BCUT2D eigenvalue weighted by molar-refractivity contribution is 6.30. The molecule has 0 aliphatic heterocycles. The number of aryl methyl sites for hydroxylation is 1. The summed E-state index contributed by atoms with van der Waals surface area (Å²) in [5.41, 5.74) is 6.90. The molecule has 2 aromatic rings. The molecule has 0 amide bonds. The van der Waals surface area contributed by atoms with Gasteiger partial charge in [0.05, 0.1) is 11.8 Å². The quantitative estimate of drug-likeness (QED) is 0.879. The molecule has 1 aromatic carbocycles. The Labute approximate surface area is 140 Å². The molecule has 0 unspecified atom stereocenters. The van der Waals surface area contributed by atoms with Crippen molar-refractivity contribution in [3.05, 3.63) is 40.9 Å². The average Bonchev–Trinajstić information content (AvgIpc) is 2.84. The van der Waals surface area contributed by atoms with E-state index in [0.29, 0.717) is 11.4 Å². The van der Waals surface area contributed by atoms with Gasteiger partial charge in [-0.3, -0.25) is 0 Å². The third-order valence-corrected chi connectivity index (χ3v) is 4.25. The first-order valence-corrected chi connectivity index (χ1v) is 7.55. The Morgan fingerprint density at radius 1 is 1.36 bits per heavy atom. The first-order valence-electron chi connectivity index (χ1n) is 7.17. The van der Waals surface area contributed by atoms with Crippen LogP contribution in [0.4, 0.5) is 0 Å². The Balaban J connectivity index is 0.00000176. The van der Waals surface area contributed by atoms with E-state index in [1.807, 2.05) is 35.9 Å². The van der Waals surface area contributed by atoms with E-state index in [-0.39, 0.29) is 24.4 Å². The van der Waals surface area contributed by atoms with Crippen LogP contribution in [0.2, 0.25) is 5.02 Å². The number of hydrogen-bond acceptors (Lipinski definition) is 4. The van der Waals surface area contributed by atoms with Crippen LogP contribution in [-0.4, -0.2) is 32.0 Å². The van der Waals surface area contributed by atoms with Crippen molar-refractivity contribution in [2.75, 3.05) is 0 Å². The topological polar surface area (TPSA) is 77.0 Å². The van der Waals surface area contributed by atoms with Gasteiger partial charge in [0, 0.05) is 17.0 Å². The van der Waals surface area contributed by atoms with E-state index in [9.17, 15) is 5.11 Å². The number of aliphatic hydroxyl groups excluding tert-OH is 1. The fourth-order valence-corrected chi connectivity index (χ4v) is 3.10. The van der Waals surface area contributed by atoms with E-state index in [4.69, 9.17) is 17.3 Å². The summed E-state index contributed by atoms with van der Waals surface area (Å²) >= 11 is 6.07. The van der Waals surface area contributed by atoms with Crippen LogP contribution in [0, 0.1) is 6.92 Å². The van der Waals surface area contributed by atoms with Gasteiger partial charge in [0.25, 0.3) is 0 Å². The molecule has 5 nitrogen and oxygen atoms in total. The minimum absolute atomic E-state index is 0. The summed E-state index contributed by atoms with van der Waals surface area (Å²) in [7, 11) is 0. The second-order valence-corrected chi connectivity index (χ2v) is 6.09. The molecule has 7 heteroatoms. The third-order valence-electron chi connectivity index (χ3n) is 4.02. The van der Waals surface area contributed by atoms with Gasteiger partial charge in [0.2, 0.25) is 0 Å². The SMILES string of the molecule is Cc1nc([C@H]2CC[C@@H](O)[C@H](N)C2)n(-c2cccc(Cl)c2)n1.Cl. The van der Waals surface area contributed by atoms with Crippen molar-refractivity contribution in [1.29, 1.82) is 0 Å². The molecule has 1 aromatic heterocycles. The van der Waals surface area contributed by atoms with E-state index in [2.05, 4.69) is 10.1 Å². The largest absolute Gasteiger partial charge is 0.392 e. The minimum atomic E-state index is -0.412.